The number of pyridine rings is 1. The van der Waals surface area contributed by atoms with Crippen LogP contribution in [0.3, 0.4) is 0 Å². The summed E-state index contributed by atoms with van der Waals surface area (Å²) in [5.41, 5.74) is 1.57. The van der Waals surface area contributed by atoms with Gasteiger partial charge in [-0.2, -0.15) is 5.26 Å². The van der Waals surface area contributed by atoms with Gasteiger partial charge in [0.2, 0.25) is 0 Å². The van der Waals surface area contributed by atoms with Crippen molar-refractivity contribution in [3.8, 4) is 6.07 Å². The summed E-state index contributed by atoms with van der Waals surface area (Å²) in [4.78, 5) is 18.5. The quantitative estimate of drug-likeness (QED) is 0.596. The summed E-state index contributed by atoms with van der Waals surface area (Å²) in [5, 5.41) is 12.2. The molecule has 5 nitrogen and oxygen atoms in total. The summed E-state index contributed by atoms with van der Waals surface area (Å²) in [6, 6.07) is 5.55. The van der Waals surface area contributed by atoms with Crippen LogP contribution >= 0.6 is 0 Å². The van der Waals surface area contributed by atoms with Crippen molar-refractivity contribution in [2.75, 3.05) is 7.05 Å². The van der Waals surface area contributed by atoms with Crippen LogP contribution in [0.25, 0.3) is 17.1 Å². The maximum Gasteiger partial charge on any atom is 0.261 e. The monoisotopic (exact) mass is 226 g/mol. The highest BCUT2D eigenvalue weighted by atomic mass is 16.1. The van der Waals surface area contributed by atoms with Crippen molar-refractivity contribution >= 4 is 23.0 Å². The molecule has 2 rings (SSSR count). The van der Waals surface area contributed by atoms with E-state index >= 15 is 0 Å². The number of likely N-dealkylation sites (N-methyl/N-ethyl adjacent to an activating group) is 1. The van der Waals surface area contributed by atoms with E-state index in [4.69, 9.17) is 5.26 Å². The number of nitriles is 1. The molecule has 17 heavy (non-hydrogen) atoms. The molecule has 0 aliphatic carbocycles. The predicted molar refractivity (Wildman–Crippen MR) is 63.8 cm³/mol. The second-order valence-electron chi connectivity index (χ2n) is 3.39. The Balaban J connectivity index is 2.51. The molecule has 0 saturated heterocycles. The highest BCUT2D eigenvalue weighted by Crippen LogP contribution is 2.18. The van der Waals surface area contributed by atoms with Crippen molar-refractivity contribution in [1.82, 2.24) is 15.3 Å². The fourth-order valence-corrected chi connectivity index (χ4v) is 1.54. The van der Waals surface area contributed by atoms with Gasteiger partial charge >= 0.3 is 0 Å². The minimum Gasteiger partial charge on any atom is -0.354 e. The molecule has 0 aliphatic rings. The van der Waals surface area contributed by atoms with Gasteiger partial charge in [0, 0.05) is 30.4 Å². The SMILES string of the molecule is CNC(=O)C(C#N)=Cc1c[nH]c2ncccc12. The number of aromatic nitrogens is 2. The average molecular weight is 226 g/mol. The van der Waals surface area contributed by atoms with Crippen molar-refractivity contribution in [3.05, 3.63) is 35.7 Å². The lowest BCUT2D eigenvalue weighted by molar-refractivity contribution is -0.116. The van der Waals surface area contributed by atoms with Crippen LogP contribution in [0.5, 0.6) is 0 Å². The van der Waals surface area contributed by atoms with Crippen LogP contribution in [0.1, 0.15) is 5.56 Å². The first-order valence-corrected chi connectivity index (χ1v) is 5.02. The van der Waals surface area contributed by atoms with Gasteiger partial charge in [-0.1, -0.05) is 0 Å². The number of hydrogen-bond acceptors (Lipinski definition) is 3. The van der Waals surface area contributed by atoms with Crippen molar-refractivity contribution < 1.29 is 4.79 Å². The number of rotatable bonds is 2. The van der Waals surface area contributed by atoms with E-state index in [0.29, 0.717) is 0 Å². The molecule has 0 bridgehead atoms. The topological polar surface area (TPSA) is 81.6 Å². The van der Waals surface area contributed by atoms with Gasteiger partial charge in [-0.3, -0.25) is 4.79 Å². The van der Waals surface area contributed by atoms with E-state index in [1.165, 1.54) is 7.05 Å². The largest absolute Gasteiger partial charge is 0.354 e. The van der Waals surface area contributed by atoms with E-state index in [-0.39, 0.29) is 5.57 Å². The van der Waals surface area contributed by atoms with Crippen LogP contribution < -0.4 is 5.32 Å². The Morgan fingerprint density at radius 1 is 1.65 bits per heavy atom. The molecule has 5 heteroatoms. The fourth-order valence-electron chi connectivity index (χ4n) is 1.54. The van der Waals surface area contributed by atoms with Gasteiger partial charge in [-0.05, 0) is 18.2 Å². The van der Waals surface area contributed by atoms with Crippen molar-refractivity contribution in [3.63, 3.8) is 0 Å². The highest BCUT2D eigenvalue weighted by Gasteiger charge is 2.08. The summed E-state index contributed by atoms with van der Waals surface area (Å²) in [6.45, 7) is 0. The summed E-state index contributed by atoms with van der Waals surface area (Å²) in [6.07, 6.45) is 4.94. The third-order valence-electron chi connectivity index (χ3n) is 2.38. The molecule has 2 aromatic rings. The highest BCUT2D eigenvalue weighted by molar-refractivity contribution is 6.03. The number of nitrogens with one attached hydrogen (secondary N) is 2. The van der Waals surface area contributed by atoms with E-state index in [1.807, 2.05) is 12.1 Å². The van der Waals surface area contributed by atoms with Gasteiger partial charge in [0.25, 0.3) is 5.91 Å². The molecule has 0 aromatic carbocycles. The lowest BCUT2D eigenvalue weighted by Crippen LogP contribution is -2.19. The van der Waals surface area contributed by atoms with E-state index in [9.17, 15) is 4.79 Å². The normalized spacial score (nSPS) is 11.2. The molecular weight excluding hydrogens is 216 g/mol. The van der Waals surface area contributed by atoms with Gasteiger partial charge < -0.3 is 10.3 Å². The van der Waals surface area contributed by atoms with E-state index < -0.39 is 5.91 Å². The second-order valence-corrected chi connectivity index (χ2v) is 3.39. The Labute approximate surface area is 97.8 Å². The maximum absolute atomic E-state index is 11.4. The number of nitrogens with zero attached hydrogens (tertiary/aromatic N) is 2. The molecule has 0 unspecified atom stereocenters. The standard InChI is InChI=1S/C12H10N4O/c1-14-12(17)8(6-13)5-9-7-16-11-10(9)3-2-4-15-11/h2-5,7H,1H3,(H,14,17)(H,15,16). The Hall–Kier alpha value is -2.61. The summed E-state index contributed by atoms with van der Waals surface area (Å²) in [5.74, 6) is -0.397. The van der Waals surface area contributed by atoms with Gasteiger partial charge in [0.05, 0.1) is 0 Å². The number of fused-ring (bicyclic) bond motifs is 1. The van der Waals surface area contributed by atoms with Gasteiger partial charge in [0.1, 0.15) is 17.3 Å². The van der Waals surface area contributed by atoms with Crippen molar-refractivity contribution in [2.45, 2.75) is 0 Å². The number of aromatic amines is 1. The van der Waals surface area contributed by atoms with E-state index in [1.54, 1.807) is 24.5 Å². The zero-order valence-corrected chi connectivity index (χ0v) is 9.19. The zero-order valence-electron chi connectivity index (χ0n) is 9.19. The first-order chi connectivity index (χ1) is 8.26. The molecule has 0 radical (unpaired) electrons. The van der Waals surface area contributed by atoms with Crippen LogP contribution in [0.4, 0.5) is 0 Å². The molecule has 0 saturated carbocycles. The van der Waals surface area contributed by atoms with Crippen LogP contribution in [0, 0.1) is 11.3 Å². The lowest BCUT2D eigenvalue weighted by atomic mass is 10.1. The lowest BCUT2D eigenvalue weighted by Gasteiger charge is -1.96. The molecule has 0 atom stereocenters. The Kier molecular flexibility index (Phi) is 2.88. The van der Waals surface area contributed by atoms with Crippen LogP contribution in [0.15, 0.2) is 30.1 Å². The van der Waals surface area contributed by atoms with Crippen molar-refractivity contribution in [1.29, 1.82) is 5.26 Å². The van der Waals surface area contributed by atoms with Crippen LogP contribution in [0.2, 0.25) is 0 Å². The summed E-state index contributed by atoms with van der Waals surface area (Å²) < 4.78 is 0. The average Bonchev–Trinajstić information content (AvgIpc) is 2.78. The Bertz CT molecular complexity index is 633. The Morgan fingerprint density at radius 2 is 2.47 bits per heavy atom. The molecule has 0 spiro atoms. The third kappa shape index (κ3) is 2.01. The number of carbonyl (C=O) groups is 1. The van der Waals surface area contributed by atoms with Crippen LogP contribution in [-0.4, -0.2) is 22.9 Å². The number of H-pyrrole nitrogens is 1. The number of carbonyl (C=O) groups excluding carboxylic acids is 1. The Morgan fingerprint density at radius 3 is 3.18 bits per heavy atom. The molecule has 2 aromatic heterocycles. The minimum atomic E-state index is -0.397. The van der Waals surface area contributed by atoms with Gasteiger partial charge in [-0.15, -0.1) is 0 Å². The summed E-state index contributed by atoms with van der Waals surface area (Å²) in [7, 11) is 1.49. The van der Waals surface area contributed by atoms with E-state index in [2.05, 4.69) is 15.3 Å². The first-order valence-electron chi connectivity index (χ1n) is 5.02. The predicted octanol–water partition coefficient (Wildman–Crippen LogP) is 1.22. The van der Waals surface area contributed by atoms with Gasteiger partial charge in [-0.25, -0.2) is 4.98 Å². The first kappa shape index (κ1) is 10.9. The van der Waals surface area contributed by atoms with Crippen LogP contribution in [-0.2, 0) is 4.79 Å². The molecule has 2 N–H and O–H groups in total. The maximum atomic E-state index is 11.4. The molecule has 84 valence electrons. The fraction of sp³-hybridized carbons (Fsp3) is 0.0833. The third-order valence-corrected chi connectivity index (χ3v) is 2.38. The van der Waals surface area contributed by atoms with Gasteiger partial charge in [0.15, 0.2) is 0 Å². The van der Waals surface area contributed by atoms with E-state index in [0.717, 1.165) is 16.6 Å². The molecule has 1 amide bonds. The molecular formula is C12H10N4O. The van der Waals surface area contributed by atoms with Crippen molar-refractivity contribution in [2.24, 2.45) is 0 Å². The second kappa shape index (κ2) is 4.49. The number of hydrogen-bond donors (Lipinski definition) is 2. The molecule has 2 heterocycles. The minimum absolute atomic E-state index is 0.0669. The smallest absolute Gasteiger partial charge is 0.261 e. The number of amides is 1. The molecule has 0 fully saturated rings. The summed E-state index contributed by atoms with van der Waals surface area (Å²) >= 11 is 0. The molecule has 0 aliphatic heterocycles. The zero-order chi connectivity index (χ0) is 12.3.